The molecule has 27 heavy (non-hydrogen) atoms. The molecule has 1 N–H and O–H groups in total. The molecule has 0 bridgehead atoms. The highest BCUT2D eigenvalue weighted by atomic mass is 19.1. The summed E-state index contributed by atoms with van der Waals surface area (Å²) >= 11 is 0. The van der Waals surface area contributed by atoms with Crippen LogP contribution in [0.4, 0.5) is 10.1 Å². The lowest BCUT2D eigenvalue weighted by Gasteiger charge is -2.11. The zero-order chi connectivity index (χ0) is 18.6. The minimum Gasteiger partial charge on any atom is -0.321 e. The minimum atomic E-state index is -0.473. The normalized spacial score (nSPS) is 10.6. The summed E-state index contributed by atoms with van der Waals surface area (Å²) in [6.45, 7) is 0. The Hall–Kier alpha value is -3.87. The molecular weight excluding hydrogens is 345 g/mol. The van der Waals surface area contributed by atoms with Gasteiger partial charge in [0.1, 0.15) is 18.5 Å². The van der Waals surface area contributed by atoms with Crippen molar-refractivity contribution in [2.75, 3.05) is 5.32 Å². The van der Waals surface area contributed by atoms with Crippen LogP contribution in [-0.4, -0.2) is 25.7 Å². The molecule has 0 aliphatic carbocycles. The highest BCUT2D eigenvalue weighted by Crippen LogP contribution is 2.25. The molecule has 2 aromatic heterocycles. The number of hydrogen-bond donors (Lipinski definition) is 1. The van der Waals surface area contributed by atoms with Crippen molar-refractivity contribution in [1.82, 2.24) is 19.7 Å². The average molecular weight is 359 g/mol. The Balaban J connectivity index is 1.61. The molecule has 0 atom stereocenters. The third-order valence-corrected chi connectivity index (χ3v) is 3.97. The molecule has 1 amide bonds. The Kier molecular flexibility index (Phi) is 4.40. The van der Waals surface area contributed by atoms with Gasteiger partial charge in [0.25, 0.3) is 5.91 Å². The van der Waals surface area contributed by atoms with Gasteiger partial charge < -0.3 is 5.32 Å². The largest absolute Gasteiger partial charge is 0.321 e. The standard InChI is InChI=1S/C20H14FN5O/c21-15-6-8-17(14-4-2-1-3-5-14)18(10-15)20(27)25-16-7-9-19(23-11-16)26-13-22-12-24-26/h1-13H,(H,25,27). The molecule has 4 rings (SSSR count). The first-order chi connectivity index (χ1) is 13.2. The monoisotopic (exact) mass is 359 g/mol. The van der Waals surface area contributed by atoms with Gasteiger partial charge in [-0.3, -0.25) is 4.79 Å². The van der Waals surface area contributed by atoms with Crippen molar-refractivity contribution >= 4 is 11.6 Å². The zero-order valence-electron chi connectivity index (χ0n) is 14.1. The molecule has 6 nitrogen and oxygen atoms in total. The molecule has 7 heteroatoms. The van der Waals surface area contributed by atoms with Crippen molar-refractivity contribution in [3.8, 4) is 16.9 Å². The molecule has 0 unspecified atom stereocenters. The van der Waals surface area contributed by atoms with Gasteiger partial charge in [0.2, 0.25) is 0 Å². The fourth-order valence-corrected chi connectivity index (χ4v) is 2.69. The van der Waals surface area contributed by atoms with Crippen molar-refractivity contribution in [3.05, 3.63) is 90.9 Å². The lowest BCUT2D eigenvalue weighted by atomic mass is 9.99. The highest BCUT2D eigenvalue weighted by Gasteiger charge is 2.14. The van der Waals surface area contributed by atoms with Crippen molar-refractivity contribution in [2.45, 2.75) is 0 Å². The van der Waals surface area contributed by atoms with Crippen molar-refractivity contribution < 1.29 is 9.18 Å². The predicted molar refractivity (Wildman–Crippen MR) is 98.9 cm³/mol. The summed E-state index contributed by atoms with van der Waals surface area (Å²) in [5.74, 6) is -0.315. The number of carbonyl (C=O) groups is 1. The van der Waals surface area contributed by atoms with Crippen LogP contribution in [0.2, 0.25) is 0 Å². The summed E-state index contributed by atoms with van der Waals surface area (Å²) < 4.78 is 15.3. The molecular formula is C20H14FN5O. The summed E-state index contributed by atoms with van der Waals surface area (Å²) in [5, 5.41) is 6.75. The van der Waals surface area contributed by atoms with E-state index in [-0.39, 0.29) is 5.56 Å². The van der Waals surface area contributed by atoms with Crippen LogP contribution in [-0.2, 0) is 0 Å². The number of halogens is 1. The first-order valence-electron chi connectivity index (χ1n) is 8.18. The third kappa shape index (κ3) is 3.57. The molecule has 132 valence electrons. The van der Waals surface area contributed by atoms with Gasteiger partial charge in [-0.15, -0.1) is 0 Å². The molecule has 0 aliphatic heterocycles. The van der Waals surface area contributed by atoms with Crippen LogP contribution in [0.5, 0.6) is 0 Å². The SMILES string of the molecule is O=C(Nc1ccc(-n2cncn2)nc1)c1cc(F)ccc1-c1ccccc1. The van der Waals surface area contributed by atoms with E-state index in [1.807, 2.05) is 30.3 Å². The van der Waals surface area contributed by atoms with Crippen LogP contribution in [0.25, 0.3) is 16.9 Å². The summed E-state index contributed by atoms with van der Waals surface area (Å²) in [5.41, 5.74) is 2.23. The van der Waals surface area contributed by atoms with Gasteiger partial charge in [-0.25, -0.2) is 19.0 Å². The number of carbonyl (C=O) groups excluding carboxylic acids is 1. The van der Waals surface area contributed by atoms with E-state index in [0.717, 1.165) is 5.56 Å². The summed E-state index contributed by atoms with van der Waals surface area (Å²) in [6, 6.07) is 16.9. The van der Waals surface area contributed by atoms with E-state index in [2.05, 4.69) is 20.4 Å². The molecule has 0 radical (unpaired) electrons. The second-order valence-corrected chi connectivity index (χ2v) is 5.76. The van der Waals surface area contributed by atoms with Gasteiger partial charge in [0, 0.05) is 0 Å². The number of pyridine rings is 1. The summed E-state index contributed by atoms with van der Waals surface area (Å²) in [4.78, 5) is 20.8. The van der Waals surface area contributed by atoms with E-state index in [0.29, 0.717) is 17.1 Å². The first-order valence-corrected chi connectivity index (χ1v) is 8.18. The van der Waals surface area contributed by atoms with Crippen LogP contribution in [0.3, 0.4) is 0 Å². The molecule has 0 fully saturated rings. The van der Waals surface area contributed by atoms with Gasteiger partial charge in [0.05, 0.1) is 17.4 Å². The molecule has 0 aliphatic rings. The van der Waals surface area contributed by atoms with Gasteiger partial charge in [-0.1, -0.05) is 36.4 Å². The third-order valence-electron chi connectivity index (χ3n) is 3.97. The molecule has 2 aromatic carbocycles. The summed E-state index contributed by atoms with van der Waals surface area (Å²) in [7, 11) is 0. The molecule has 4 aromatic rings. The van der Waals surface area contributed by atoms with Gasteiger partial charge in [-0.05, 0) is 35.4 Å². The lowest BCUT2D eigenvalue weighted by Crippen LogP contribution is -2.14. The first kappa shape index (κ1) is 16.6. The predicted octanol–water partition coefficient (Wildman–Crippen LogP) is 3.72. The van der Waals surface area contributed by atoms with Crippen molar-refractivity contribution in [3.63, 3.8) is 0 Å². The van der Waals surface area contributed by atoms with Crippen LogP contribution >= 0.6 is 0 Å². The van der Waals surface area contributed by atoms with E-state index < -0.39 is 11.7 Å². The maximum absolute atomic E-state index is 13.8. The van der Waals surface area contributed by atoms with Gasteiger partial charge >= 0.3 is 0 Å². The quantitative estimate of drug-likeness (QED) is 0.603. The number of nitrogens with one attached hydrogen (secondary N) is 1. The molecule has 0 saturated carbocycles. The Morgan fingerprint density at radius 1 is 1.04 bits per heavy atom. The topological polar surface area (TPSA) is 72.7 Å². The van der Waals surface area contributed by atoms with Crippen molar-refractivity contribution in [2.24, 2.45) is 0 Å². The average Bonchev–Trinajstić information content (AvgIpc) is 3.24. The molecule has 2 heterocycles. The number of rotatable bonds is 4. The smallest absolute Gasteiger partial charge is 0.256 e. The van der Waals surface area contributed by atoms with E-state index in [9.17, 15) is 9.18 Å². The fraction of sp³-hybridized carbons (Fsp3) is 0. The van der Waals surface area contributed by atoms with E-state index in [1.54, 1.807) is 18.2 Å². The Bertz CT molecular complexity index is 1060. The zero-order valence-corrected chi connectivity index (χ0v) is 14.1. The maximum Gasteiger partial charge on any atom is 0.256 e. The van der Waals surface area contributed by atoms with Gasteiger partial charge in [-0.2, -0.15) is 5.10 Å². The highest BCUT2D eigenvalue weighted by molar-refractivity contribution is 6.08. The van der Waals surface area contributed by atoms with Gasteiger partial charge in [0.15, 0.2) is 5.82 Å². The Morgan fingerprint density at radius 3 is 2.59 bits per heavy atom. The molecule has 0 saturated heterocycles. The Morgan fingerprint density at radius 2 is 1.89 bits per heavy atom. The lowest BCUT2D eigenvalue weighted by molar-refractivity contribution is 0.102. The van der Waals surface area contributed by atoms with Crippen LogP contribution in [0, 0.1) is 5.82 Å². The van der Waals surface area contributed by atoms with E-state index >= 15 is 0 Å². The second-order valence-electron chi connectivity index (χ2n) is 5.76. The number of benzene rings is 2. The van der Waals surface area contributed by atoms with Crippen LogP contribution in [0.15, 0.2) is 79.5 Å². The number of nitrogens with zero attached hydrogens (tertiary/aromatic N) is 4. The summed E-state index contributed by atoms with van der Waals surface area (Å²) in [6.07, 6.45) is 4.45. The second kappa shape index (κ2) is 7.17. The Labute approximate surface area is 154 Å². The van der Waals surface area contributed by atoms with Crippen molar-refractivity contribution in [1.29, 1.82) is 0 Å². The van der Waals surface area contributed by atoms with Crippen LogP contribution < -0.4 is 5.32 Å². The number of hydrogen-bond acceptors (Lipinski definition) is 4. The number of anilines is 1. The molecule has 0 spiro atoms. The van der Waals surface area contributed by atoms with E-state index in [1.165, 1.54) is 35.7 Å². The fourth-order valence-electron chi connectivity index (χ4n) is 2.69. The number of aromatic nitrogens is 4. The number of amides is 1. The maximum atomic E-state index is 13.8. The van der Waals surface area contributed by atoms with E-state index in [4.69, 9.17) is 0 Å². The van der Waals surface area contributed by atoms with Crippen LogP contribution in [0.1, 0.15) is 10.4 Å². The minimum absolute atomic E-state index is 0.251.